The Hall–Kier alpha value is -1.92. The quantitative estimate of drug-likeness (QED) is 0.842. The maximum atomic E-state index is 13.4. The van der Waals surface area contributed by atoms with Gasteiger partial charge in [0, 0.05) is 32.0 Å². The predicted octanol–water partition coefficient (Wildman–Crippen LogP) is 2.46. The van der Waals surface area contributed by atoms with E-state index >= 15 is 0 Å². The summed E-state index contributed by atoms with van der Waals surface area (Å²) < 4.78 is 2.22. The van der Waals surface area contributed by atoms with Crippen molar-refractivity contribution < 1.29 is 14.7 Å². The highest BCUT2D eigenvalue weighted by Crippen LogP contribution is 2.67. The van der Waals surface area contributed by atoms with Gasteiger partial charge in [-0.3, -0.25) is 9.59 Å². The van der Waals surface area contributed by atoms with E-state index in [0.29, 0.717) is 17.8 Å². The number of nitrogens with zero attached hydrogens (tertiary/aromatic N) is 4. The lowest BCUT2D eigenvalue weighted by Gasteiger charge is -2.53. The minimum Gasteiger partial charge on any atom is -0.481 e. The minimum absolute atomic E-state index is 0.0141. The van der Waals surface area contributed by atoms with Gasteiger partial charge in [-0.1, -0.05) is 0 Å². The number of aryl methyl sites for hydroxylation is 1. The molecule has 0 spiro atoms. The molecule has 5 unspecified atom stereocenters. The summed E-state index contributed by atoms with van der Waals surface area (Å²) in [6.45, 7) is 2.31. The number of hydrogen-bond acceptors (Lipinski definition) is 4. The SMILES string of the molecule is O=C(O)C1C2CCC1(C1CCCN(C(=O)C3CCc4nnc(C5CC5)n4C3)C1)C2. The number of aromatic nitrogens is 3. The van der Waals surface area contributed by atoms with Crippen molar-refractivity contribution in [3.8, 4) is 0 Å². The minimum atomic E-state index is -0.609. The third kappa shape index (κ3) is 2.61. The largest absolute Gasteiger partial charge is 0.481 e. The van der Waals surface area contributed by atoms with Gasteiger partial charge in [0.15, 0.2) is 0 Å². The van der Waals surface area contributed by atoms with Crippen LogP contribution in [0.4, 0.5) is 0 Å². The van der Waals surface area contributed by atoms with Crippen molar-refractivity contribution in [2.75, 3.05) is 13.1 Å². The van der Waals surface area contributed by atoms with Gasteiger partial charge in [-0.05, 0) is 68.6 Å². The molecule has 7 rings (SSSR count). The van der Waals surface area contributed by atoms with Gasteiger partial charge < -0.3 is 14.6 Å². The molecular weight excluding hydrogens is 368 g/mol. The van der Waals surface area contributed by atoms with Gasteiger partial charge in [-0.25, -0.2) is 0 Å². The third-order valence-corrected chi connectivity index (χ3v) is 8.79. The summed E-state index contributed by atoms with van der Waals surface area (Å²) in [6.07, 6.45) is 9.32. The van der Waals surface area contributed by atoms with Gasteiger partial charge >= 0.3 is 5.97 Å². The van der Waals surface area contributed by atoms with Crippen molar-refractivity contribution in [1.82, 2.24) is 19.7 Å². The summed E-state index contributed by atoms with van der Waals surface area (Å²) in [7, 11) is 0. The van der Waals surface area contributed by atoms with Crippen LogP contribution in [-0.4, -0.2) is 49.7 Å². The number of aliphatic carboxylic acids is 1. The monoisotopic (exact) mass is 398 g/mol. The van der Waals surface area contributed by atoms with Crippen LogP contribution in [0.5, 0.6) is 0 Å². The zero-order valence-corrected chi connectivity index (χ0v) is 16.9. The van der Waals surface area contributed by atoms with Gasteiger partial charge in [0.05, 0.1) is 11.8 Å². The third-order valence-electron chi connectivity index (χ3n) is 8.79. The predicted molar refractivity (Wildman–Crippen MR) is 104 cm³/mol. The van der Waals surface area contributed by atoms with Crippen LogP contribution < -0.4 is 0 Å². The Labute approximate surface area is 170 Å². The molecule has 0 radical (unpaired) electrons. The molecule has 7 heteroatoms. The standard InChI is InChI=1S/C22H30N4O3/c27-20(15-5-6-17-23-24-19(13-3-4-13)26(17)11-15)25-9-1-2-16(12-25)22-8-7-14(10-22)18(22)21(28)29/h13-16,18H,1-12H2,(H,28,29). The molecule has 156 valence electrons. The Morgan fingerprint density at radius 2 is 1.93 bits per heavy atom. The maximum absolute atomic E-state index is 13.4. The van der Waals surface area contributed by atoms with Crippen LogP contribution in [0.1, 0.15) is 68.9 Å². The topological polar surface area (TPSA) is 88.3 Å². The average molecular weight is 399 g/mol. The van der Waals surface area contributed by atoms with Gasteiger partial charge in [-0.2, -0.15) is 0 Å². The van der Waals surface area contributed by atoms with Gasteiger partial charge in [0.2, 0.25) is 5.91 Å². The molecule has 5 atom stereocenters. The van der Waals surface area contributed by atoms with E-state index in [1.807, 2.05) is 0 Å². The number of carbonyl (C=O) groups excluding carboxylic acids is 1. The molecular formula is C22H30N4O3. The summed E-state index contributed by atoms with van der Waals surface area (Å²) in [4.78, 5) is 27.3. The zero-order valence-electron chi connectivity index (χ0n) is 16.9. The summed E-state index contributed by atoms with van der Waals surface area (Å²) >= 11 is 0. The van der Waals surface area contributed by atoms with Crippen LogP contribution in [-0.2, 0) is 22.6 Å². The first-order chi connectivity index (χ1) is 14.1. The molecule has 7 nitrogen and oxygen atoms in total. The zero-order chi connectivity index (χ0) is 19.8. The average Bonchev–Trinajstić information content (AvgIpc) is 3.15. The summed E-state index contributed by atoms with van der Waals surface area (Å²) in [6, 6.07) is 0. The molecule has 6 aliphatic rings. The van der Waals surface area contributed by atoms with Crippen molar-refractivity contribution >= 4 is 11.9 Å². The number of piperidine rings is 1. The van der Waals surface area contributed by atoms with Crippen LogP contribution in [0.25, 0.3) is 0 Å². The van der Waals surface area contributed by atoms with E-state index in [2.05, 4.69) is 19.7 Å². The fraction of sp³-hybridized carbons (Fsp3) is 0.818. The number of carbonyl (C=O) groups is 2. The van der Waals surface area contributed by atoms with E-state index in [-0.39, 0.29) is 23.2 Å². The van der Waals surface area contributed by atoms with Crippen LogP contribution >= 0.6 is 0 Å². The second-order valence-electron chi connectivity index (χ2n) is 10.3. The number of likely N-dealkylation sites (tertiary alicyclic amines) is 1. The highest BCUT2D eigenvalue weighted by molar-refractivity contribution is 5.79. The number of carboxylic acids is 1. The molecule has 1 aromatic rings. The van der Waals surface area contributed by atoms with Gasteiger partial charge in [0.1, 0.15) is 11.6 Å². The lowest BCUT2D eigenvalue weighted by atomic mass is 9.53. The van der Waals surface area contributed by atoms with Crippen LogP contribution in [0.2, 0.25) is 0 Å². The van der Waals surface area contributed by atoms with Crippen molar-refractivity contribution in [3.05, 3.63) is 11.6 Å². The Kier molecular flexibility index (Phi) is 3.88. The summed E-state index contributed by atoms with van der Waals surface area (Å²) in [5, 5.41) is 18.5. The first-order valence-electron chi connectivity index (χ1n) is 11.5. The molecule has 5 fully saturated rings. The molecule has 2 bridgehead atoms. The Morgan fingerprint density at radius 1 is 1.07 bits per heavy atom. The molecule has 1 saturated heterocycles. The molecule has 29 heavy (non-hydrogen) atoms. The van der Waals surface area contributed by atoms with E-state index in [4.69, 9.17) is 0 Å². The van der Waals surface area contributed by atoms with E-state index in [1.54, 1.807) is 0 Å². The second-order valence-corrected chi connectivity index (χ2v) is 10.3. The van der Waals surface area contributed by atoms with Gasteiger partial charge in [0.25, 0.3) is 0 Å². The van der Waals surface area contributed by atoms with E-state index in [0.717, 1.165) is 76.2 Å². The fourth-order valence-electron chi connectivity index (χ4n) is 7.19. The van der Waals surface area contributed by atoms with E-state index in [9.17, 15) is 14.7 Å². The summed E-state index contributed by atoms with van der Waals surface area (Å²) in [5.74, 6) is 2.92. The molecule has 1 amide bonds. The van der Waals surface area contributed by atoms with Crippen LogP contribution in [0.15, 0.2) is 0 Å². The number of rotatable bonds is 4. The molecule has 4 saturated carbocycles. The molecule has 4 aliphatic carbocycles. The Bertz CT molecular complexity index is 858. The van der Waals surface area contributed by atoms with Crippen molar-refractivity contribution in [2.24, 2.45) is 29.1 Å². The van der Waals surface area contributed by atoms with Crippen molar-refractivity contribution in [3.63, 3.8) is 0 Å². The second kappa shape index (κ2) is 6.29. The lowest BCUT2D eigenvalue weighted by Crippen LogP contribution is -2.55. The fourth-order valence-corrected chi connectivity index (χ4v) is 7.19. The van der Waals surface area contributed by atoms with Crippen LogP contribution in [0, 0.1) is 29.1 Å². The smallest absolute Gasteiger partial charge is 0.307 e. The van der Waals surface area contributed by atoms with Crippen molar-refractivity contribution in [2.45, 2.75) is 70.3 Å². The number of carboxylic acid groups (broad SMARTS) is 1. The molecule has 0 aromatic carbocycles. The Balaban J connectivity index is 1.17. The molecule has 2 aliphatic heterocycles. The number of amides is 1. The van der Waals surface area contributed by atoms with Crippen LogP contribution in [0.3, 0.4) is 0 Å². The highest BCUT2D eigenvalue weighted by Gasteiger charge is 2.65. The van der Waals surface area contributed by atoms with E-state index < -0.39 is 5.97 Å². The lowest BCUT2D eigenvalue weighted by molar-refractivity contribution is -0.162. The molecule has 1 aromatic heterocycles. The number of hydrogen-bond donors (Lipinski definition) is 1. The normalized spacial score (nSPS) is 38.4. The molecule has 1 N–H and O–H groups in total. The summed E-state index contributed by atoms with van der Waals surface area (Å²) in [5.41, 5.74) is -0.0391. The number of fused-ring (bicyclic) bond motifs is 2. The Morgan fingerprint density at radius 3 is 2.69 bits per heavy atom. The maximum Gasteiger partial charge on any atom is 0.307 e. The first-order valence-corrected chi connectivity index (χ1v) is 11.5. The van der Waals surface area contributed by atoms with E-state index in [1.165, 1.54) is 12.8 Å². The molecule has 3 heterocycles. The van der Waals surface area contributed by atoms with Crippen molar-refractivity contribution in [1.29, 1.82) is 0 Å². The van der Waals surface area contributed by atoms with Gasteiger partial charge in [-0.15, -0.1) is 10.2 Å². The first kappa shape index (κ1) is 17.9. The highest BCUT2D eigenvalue weighted by atomic mass is 16.4.